The number of halogens is 2. The number of amides is 1. The minimum Gasteiger partial charge on any atom is -0.356 e. The topological polar surface area (TPSA) is 46.9 Å². The van der Waals surface area contributed by atoms with Crippen LogP contribution in [0.3, 0.4) is 0 Å². The number of hydrogen-bond donors (Lipinski definition) is 1. The van der Waals surface area contributed by atoms with Gasteiger partial charge in [0.2, 0.25) is 5.91 Å². The van der Waals surface area contributed by atoms with E-state index in [4.69, 9.17) is 23.2 Å². The van der Waals surface area contributed by atoms with E-state index < -0.39 is 0 Å². The quantitative estimate of drug-likeness (QED) is 0.818. The highest BCUT2D eigenvalue weighted by Crippen LogP contribution is 2.28. The number of nitrogens with zero attached hydrogens (tertiary/aromatic N) is 2. The Balaban J connectivity index is 2.27. The SMILES string of the molecule is CCCNC(=O)CCn1c(C(C)Cl)nc2c(Cl)cccc21. The minimum atomic E-state index is -0.243. The number of fused-ring (bicyclic) bond motifs is 1. The van der Waals surface area contributed by atoms with Crippen LogP contribution in [0.4, 0.5) is 0 Å². The summed E-state index contributed by atoms with van der Waals surface area (Å²) in [4.78, 5) is 16.3. The zero-order valence-corrected chi connectivity index (χ0v) is 13.7. The Kier molecular flexibility index (Phi) is 5.48. The fourth-order valence-electron chi connectivity index (χ4n) is 2.24. The second-order valence-electron chi connectivity index (χ2n) is 4.95. The summed E-state index contributed by atoms with van der Waals surface area (Å²) in [6.45, 7) is 5.14. The van der Waals surface area contributed by atoms with Crippen LogP contribution in [-0.2, 0) is 11.3 Å². The van der Waals surface area contributed by atoms with Gasteiger partial charge in [0.25, 0.3) is 0 Å². The molecule has 114 valence electrons. The first-order chi connectivity index (χ1) is 10.0. The van der Waals surface area contributed by atoms with E-state index in [1.54, 1.807) is 6.07 Å². The number of carbonyl (C=O) groups excluding carboxylic acids is 1. The summed E-state index contributed by atoms with van der Waals surface area (Å²) in [6.07, 6.45) is 1.33. The Labute approximate surface area is 134 Å². The van der Waals surface area contributed by atoms with E-state index in [1.807, 2.05) is 30.5 Å². The molecule has 4 nitrogen and oxygen atoms in total. The molecule has 1 amide bonds. The summed E-state index contributed by atoms with van der Waals surface area (Å²) < 4.78 is 1.98. The summed E-state index contributed by atoms with van der Waals surface area (Å²) >= 11 is 12.4. The third kappa shape index (κ3) is 3.69. The minimum absolute atomic E-state index is 0.0360. The highest BCUT2D eigenvalue weighted by molar-refractivity contribution is 6.35. The Hall–Kier alpha value is -1.26. The van der Waals surface area contributed by atoms with Gasteiger partial charge >= 0.3 is 0 Å². The van der Waals surface area contributed by atoms with Crippen molar-refractivity contribution in [2.24, 2.45) is 0 Å². The van der Waals surface area contributed by atoms with Gasteiger partial charge < -0.3 is 9.88 Å². The Bertz CT molecular complexity index is 637. The van der Waals surface area contributed by atoms with E-state index in [-0.39, 0.29) is 11.3 Å². The van der Waals surface area contributed by atoms with Crippen molar-refractivity contribution in [2.45, 2.75) is 38.6 Å². The molecular formula is C15H19Cl2N3O. The zero-order valence-electron chi connectivity index (χ0n) is 12.2. The number of aromatic nitrogens is 2. The van der Waals surface area contributed by atoms with E-state index in [2.05, 4.69) is 10.3 Å². The number of nitrogens with one attached hydrogen (secondary N) is 1. The maximum absolute atomic E-state index is 11.8. The van der Waals surface area contributed by atoms with Crippen LogP contribution in [0.1, 0.15) is 37.9 Å². The lowest BCUT2D eigenvalue weighted by atomic mass is 10.3. The molecule has 0 aliphatic rings. The van der Waals surface area contributed by atoms with Crippen LogP contribution < -0.4 is 5.32 Å². The normalized spacial score (nSPS) is 12.6. The van der Waals surface area contributed by atoms with Gasteiger partial charge in [-0.05, 0) is 25.5 Å². The predicted octanol–water partition coefficient (Wildman–Crippen LogP) is 3.91. The Morgan fingerprint density at radius 1 is 1.48 bits per heavy atom. The van der Waals surface area contributed by atoms with Gasteiger partial charge in [-0.1, -0.05) is 24.6 Å². The molecule has 0 spiro atoms. The van der Waals surface area contributed by atoms with E-state index in [0.29, 0.717) is 24.5 Å². The molecule has 1 aromatic heterocycles. The smallest absolute Gasteiger partial charge is 0.221 e. The van der Waals surface area contributed by atoms with Crippen molar-refractivity contribution in [3.8, 4) is 0 Å². The first kappa shape index (κ1) is 16.1. The summed E-state index contributed by atoms with van der Waals surface area (Å²) in [7, 11) is 0. The molecule has 1 unspecified atom stereocenters. The number of hydrogen-bond acceptors (Lipinski definition) is 2. The highest BCUT2D eigenvalue weighted by atomic mass is 35.5. The maximum Gasteiger partial charge on any atom is 0.221 e. The molecule has 0 saturated carbocycles. The van der Waals surface area contributed by atoms with Crippen LogP contribution >= 0.6 is 23.2 Å². The highest BCUT2D eigenvalue weighted by Gasteiger charge is 2.17. The molecule has 21 heavy (non-hydrogen) atoms. The fraction of sp³-hybridized carbons (Fsp3) is 0.467. The van der Waals surface area contributed by atoms with Gasteiger partial charge in [-0.15, -0.1) is 11.6 Å². The number of imidazole rings is 1. The number of carbonyl (C=O) groups is 1. The number of para-hydroxylation sites is 1. The summed E-state index contributed by atoms with van der Waals surface area (Å²) in [5, 5.41) is 3.23. The monoisotopic (exact) mass is 327 g/mol. The molecule has 2 aromatic rings. The Morgan fingerprint density at radius 3 is 2.90 bits per heavy atom. The third-order valence-electron chi connectivity index (χ3n) is 3.25. The lowest BCUT2D eigenvalue weighted by molar-refractivity contribution is -0.121. The maximum atomic E-state index is 11.8. The largest absolute Gasteiger partial charge is 0.356 e. The van der Waals surface area contributed by atoms with Crippen LogP contribution in [0, 0.1) is 0 Å². The second kappa shape index (κ2) is 7.14. The van der Waals surface area contributed by atoms with Crippen molar-refractivity contribution in [2.75, 3.05) is 6.54 Å². The van der Waals surface area contributed by atoms with Gasteiger partial charge in [0.15, 0.2) is 0 Å². The molecule has 2 rings (SSSR count). The van der Waals surface area contributed by atoms with Gasteiger partial charge in [0.1, 0.15) is 11.3 Å². The molecule has 6 heteroatoms. The molecule has 1 N–H and O–H groups in total. The van der Waals surface area contributed by atoms with Crippen LogP contribution in [0.15, 0.2) is 18.2 Å². The number of rotatable bonds is 6. The molecule has 0 aliphatic heterocycles. The lowest BCUT2D eigenvalue weighted by Crippen LogP contribution is -2.25. The lowest BCUT2D eigenvalue weighted by Gasteiger charge is -2.10. The molecule has 0 radical (unpaired) electrons. The standard InChI is InChI=1S/C15H19Cl2N3O/c1-3-8-18-13(21)7-9-20-12-6-4-5-11(17)14(12)19-15(20)10(2)16/h4-6,10H,3,7-9H2,1-2H3,(H,18,21). The number of benzene rings is 1. The molecule has 1 aromatic carbocycles. The summed E-state index contributed by atoms with van der Waals surface area (Å²) in [5.41, 5.74) is 1.64. The first-order valence-corrected chi connectivity index (χ1v) is 7.91. The van der Waals surface area contributed by atoms with Gasteiger partial charge in [0, 0.05) is 19.5 Å². The molecule has 0 aliphatic carbocycles. The average Bonchev–Trinajstić information content (AvgIpc) is 2.83. The average molecular weight is 328 g/mol. The van der Waals surface area contributed by atoms with Crippen LogP contribution in [0.5, 0.6) is 0 Å². The van der Waals surface area contributed by atoms with E-state index in [0.717, 1.165) is 23.3 Å². The van der Waals surface area contributed by atoms with Crippen molar-refractivity contribution in [3.05, 3.63) is 29.0 Å². The van der Waals surface area contributed by atoms with Crippen molar-refractivity contribution >= 4 is 40.1 Å². The van der Waals surface area contributed by atoms with Crippen LogP contribution in [0.25, 0.3) is 11.0 Å². The van der Waals surface area contributed by atoms with Gasteiger partial charge in [0.05, 0.1) is 15.9 Å². The molecule has 1 atom stereocenters. The van der Waals surface area contributed by atoms with Gasteiger partial charge in [-0.3, -0.25) is 4.79 Å². The molecule has 0 bridgehead atoms. The number of aryl methyl sites for hydroxylation is 1. The van der Waals surface area contributed by atoms with Crippen molar-refractivity contribution in [1.82, 2.24) is 14.9 Å². The van der Waals surface area contributed by atoms with Crippen molar-refractivity contribution < 1.29 is 4.79 Å². The van der Waals surface area contributed by atoms with Crippen molar-refractivity contribution in [1.29, 1.82) is 0 Å². The molecule has 0 fully saturated rings. The molecule has 0 saturated heterocycles. The molecule has 1 heterocycles. The fourth-order valence-corrected chi connectivity index (χ4v) is 2.61. The van der Waals surface area contributed by atoms with E-state index >= 15 is 0 Å². The first-order valence-electron chi connectivity index (χ1n) is 7.10. The zero-order chi connectivity index (χ0) is 15.4. The van der Waals surface area contributed by atoms with Crippen LogP contribution in [0.2, 0.25) is 5.02 Å². The summed E-state index contributed by atoms with van der Waals surface area (Å²) in [5.74, 6) is 0.775. The van der Waals surface area contributed by atoms with E-state index in [9.17, 15) is 4.79 Å². The van der Waals surface area contributed by atoms with Crippen molar-refractivity contribution in [3.63, 3.8) is 0 Å². The summed E-state index contributed by atoms with van der Waals surface area (Å²) in [6, 6.07) is 5.63. The van der Waals surface area contributed by atoms with Crippen LogP contribution in [-0.4, -0.2) is 22.0 Å². The van der Waals surface area contributed by atoms with Gasteiger partial charge in [-0.2, -0.15) is 0 Å². The third-order valence-corrected chi connectivity index (χ3v) is 3.75. The Morgan fingerprint density at radius 2 is 2.24 bits per heavy atom. The molecular weight excluding hydrogens is 309 g/mol. The van der Waals surface area contributed by atoms with Gasteiger partial charge in [-0.25, -0.2) is 4.98 Å². The predicted molar refractivity (Wildman–Crippen MR) is 86.9 cm³/mol. The second-order valence-corrected chi connectivity index (χ2v) is 6.01. The number of alkyl halides is 1. The van der Waals surface area contributed by atoms with E-state index in [1.165, 1.54) is 0 Å².